The van der Waals surface area contributed by atoms with Gasteiger partial charge in [-0.2, -0.15) is 0 Å². The molecule has 0 saturated carbocycles. The van der Waals surface area contributed by atoms with Crippen molar-refractivity contribution >= 4 is 26.8 Å². The molecule has 1 aliphatic heterocycles. The minimum atomic E-state index is -3.17. The van der Waals surface area contributed by atoms with Crippen LogP contribution in [0.15, 0.2) is 36.5 Å². The smallest absolute Gasteiger partial charge is 0.223 e. The van der Waals surface area contributed by atoms with E-state index >= 15 is 0 Å². The number of fused-ring (bicyclic) bond motifs is 1. The van der Waals surface area contributed by atoms with Crippen molar-refractivity contribution in [3.05, 3.63) is 36.5 Å². The number of hydrogen-bond donors (Lipinski definition) is 1. The fourth-order valence-corrected chi connectivity index (χ4v) is 4.00. The summed E-state index contributed by atoms with van der Waals surface area (Å²) in [5, 5.41) is 3.88. The number of rotatable bonds is 6. The van der Waals surface area contributed by atoms with Crippen LogP contribution in [0.4, 0.5) is 0 Å². The third kappa shape index (κ3) is 4.50. The summed E-state index contributed by atoms with van der Waals surface area (Å²) in [6.07, 6.45) is 4.02. The molecule has 1 aliphatic rings. The standard InChI is InChI=1S/C18H23N3O4S/c1-26(23,24)21-11-7-15(8-12-21)18(22)20-10-13-25-16-6-2-4-14-5-3-9-19-17(14)16/h2-6,9,15H,7-8,10-13H2,1H3,(H,20,22). The topological polar surface area (TPSA) is 88.6 Å². The van der Waals surface area contributed by atoms with Crippen molar-refractivity contribution in [2.45, 2.75) is 12.8 Å². The zero-order chi connectivity index (χ0) is 18.6. The number of sulfonamides is 1. The van der Waals surface area contributed by atoms with Crippen LogP contribution >= 0.6 is 0 Å². The number of pyridine rings is 1. The average molecular weight is 377 g/mol. The van der Waals surface area contributed by atoms with E-state index in [1.165, 1.54) is 10.6 Å². The van der Waals surface area contributed by atoms with Gasteiger partial charge < -0.3 is 10.1 Å². The molecule has 140 valence electrons. The number of benzene rings is 1. The number of nitrogens with zero attached hydrogens (tertiary/aromatic N) is 2. The Balaban J connectivity index is 1.44. The van der Waals surface area contributed by atoms with Crippen molar-refractivity contribution in [3.63, 3.8) is 0 Å². The van der Waals surface area contributed by atoms with Gasteiger partial charge in [-0.15, -0.1) is 0 Å². The van der Waals surface area contributed by atoms with Crippen LogP contribution in [0.5, 0.6) is 5.75 Å². The molecule has 1 amide bonds. The number of amides is 1. The molecule has 0 aliphatic carbocycles. The van der Waals surface area contributed by atoms with E-state index < -0.39 is 10.0 Å². The molecule has 2 aromatic rings. The Morgan fingerprint density at radius 3 is 2.73 bits per heavy atom. The van der Waals surface area contributed by atoms with E-state index in [0.29, 0.717) is 44.8 Å². The Bertz CT molecular complexity index is 872. The Morgan fingerprint density at radius 1 is 1.27 bits per heavy atom. The van der Waals surface area contributed by atoms with Crippen LogP contribution in [0.1, 0.15) is 12.8 Å². The van der Waals surface area contributed by atoms with E-state index in [1.54, 1.807) is 6.20 Å². The first-order chi connectivity index (χ1) is 12.4. The molecule has 0 spiro atoms. The largest absolute Gasteiger partial charge is 0.489 e. The molecule has 1 aromatic heterocycles. The number of ether oxygens (including phenoxy) is 1. The van der Waals surface area contributed by atoms with Gasteiger partial charge >= 0.3 is 0 Å². The Kier molecular flexibility index (Phi) is 5.73. The minimum Gasteiger partial charge on any atom is -0.489 e. The molecule has 8 heteroatoms. The van der Waals surface area contributed by atoms with Gasteiger partial charge in [0.15, 0.2) is 0 Å². The van der Waals surface area contributed by atoms with E-state index in [1.807, 2.05) is 30.3 Å². The maximum absolute atomic E-state index is 12.2. The van der Waals surface area contributed by atoms with Crippen LogP contribution < -0.4 is 10.1 Å². The highest BCUT2D eigenvalue weighted by atomic mass is 32.2. The summed E-state index contributed by atoms with van der Waals surface area (Å²) in [6, 6.07) is 9.59. The maximum atomic E-state index is 12.2. The maximum Gasteiger partial charge on any atom is 0.223 e. The summed E-state index contributed by atoms with van der Waals surface area (Å²) in [4.78, 5) is 16.6. The quantitative estimate of drug-likeness (QED) is 0.769. The lowest BCUT2D eigenvalue weighted by molar-refractivity contribution is -0.126. The number of hydrogen-bond acceptors (Lipinski definition) is 5. The molecule has 7 nitrogen and oxygen atoms in total. The molecule has 1 fully saturated rings. The molecular weight excluding hydrogens is 354 g/mol. The van der Waals surface area contributed by atoms with Gasteiger partial charge in [-0.3, -0.25) is 9.78 Å². The molecule has 0 radical (unpaired) electrons. The molecule has 1 saturated heterocycles. The van der Waals surface area contributed by atoms with Crippen molar-refractivity contribution < 1.29 is 17.9 Å². The first kappa shape index (κ1) is 18.6. The van der Waals surface area contributed by atoms with Gasteiger partial charge in [-0.05, 0) is 25.0 Å². The monoisotopic (exact) mass is 377 g/mol. The number of para-hydroxylation sites is 1. The number of nitrogens with one attached hydrogen (secondary N) is 1. The molecule has 0 bridgehead atoms. The second-order valence-electron chi connectivity index (χ2n) is 6.41. The second-order valence-corrected chi connectivity index (χ2v) is 8.39. The summed E-state index contributed by atoms with van der Waals surface area (Å²) in [6.45, 7) is 1.54. The minimum absolute atomic E-state index is 0.0437. The van der Waals surface area contributed by atoms with Crippen LogP contribution in [0.25, 0.3) is 10.9 Å². The molecule has 3 rings (SSSR count). The Morgan fingerprint density at radius 2 is 2.00 bits per heavy atom. The zero-order valence-electron chi connectivity index (χ0n) is 14.7. The normalized spacial score (nSPS) is 16.5. The SMILES string of the molecule is CS(=O)(=O)N1CCC(C(=O)NCCOc2cccc3cccnc23)CC1. The predicted octanol–water partition coefficient (Wildman–Crippen LogP) is 1.40. The number of piperidine rings is 1. The molecule has 0 atom stereocenters. The third-order valence-corrected chi connectivity index (χ3v) is 5.85. The van der Waals surface area contributed by atoms with Gasteiger partial charge in [0.1, 0.15) is 17.9 Å². The molecule has 0 unspecified atom stereocenters. The van der Waals surface area contributed by atoms with Crippen LogP contribution in [-0.4, -0.2) is 56.1 Å². The highest BCUT2D eigenvalue weighted by Gasteiger charge is 2.28. The van der Waals surface area contributed by atoms with Gasteiger partial charge in [0.25, 0.3) is 0 Å². The van der Waals surface area contributed by atoms with E-state index in [4.69, 9.17) is 4.74 Å². The molecule has 2 heterocycles. The van der Waals surface area contributed by atoms with Crippen LogP contribution in [0.3, 0.4) is 0 Å². The summed E-state index contributed by atoms with van der Waals surface area (Å²) >= 11 is 0. The lowest BCUT2D eigenvalue weighted by atomic mass is 9.97. The van der Waals surface area contributed by atoms with Gasteiger partial charge in [0, 0.05) is 30.6 Å². The van der Waals surface area contributed by atoms with E-state index in [-0.39, 0.29) is 11.8 Å². The van der Waals surface area contributed by atoms with Crippen LogP contribution in [-0.2, 0) is 14.8 Å². The Hall–Kier alpha value is -2.19. The lowest BCUT2D eigenvalue weighted by Crippen LogP contribution is -2.43. The molecular formula is C18H23N3O4S. The van der Waals surface area contributed by atoms with E-state index in [0.717, 1.165) is 10.9 Å². The molecule has 26 heavy (non-hydrogen) atoms. The zero-order valence-corrected chi connectivity index (χ0v) is 15.5. The molecule has 1 N–H and O–H groups in total. The average Bonchev–Trinajstić information content (AvgIpc) is 2.64. The van der Waals surface area contributed by atoms with Crippen molar-refractivity contribution in [2.75, 3.05) is 32.5 Å². The predicted molar refractivity (Wildman–Crippen MR) is 99.4 cm³/mol. The Labute approximate surface area is 153 Å². The highest BCUT2D eigenvalue weighted by Crippen LogP contribution is 2.23. The summed E-state index contributed by atoms with van der Waals surface area (Å²) in [5.41, 5.74) is 0.800. The van der Waals surface area contributed by atoms with E-state index in [2.05, 4.69) is 10.3 Å². The first-order valence-corrected chi connectivity index (χ1v) is 10.5. The first-order valence-electron chi connectivity index (χ1n) is 8.64. The van der Waals surface area contributed by atoms with Crippen LogP contribution in [0, 0.1) is 5.92 Å². The summed E-state index contributed by atoms with van der Waals surface area (Å²) < 4.78 is 30.2. The molecule has 1 aromatic carbocycles. The fourth-order valence-electron chi connectivity index (χ4n) is 3.12. The van der Waals surface area contributed by atoms with Crippen molar-refractivity contribution in [2.24, 2.45) is 5.92 Å². The van der Waals surface area contributed by atoms with Gasteiger partial charge in [0.2, 0.25) is 15.9 Å². The third-order valence-electron chi connectivity index (χ3n) is 4.55. The fraction of sp³-hybridized carbons (Fsp3) is 0.444. The lowest BCUT2D eigenvalue weighted by Gasteiger charge is -2.29. The number of carbonyl (C=O) groups is 1. The van der Waals surface area contributed by atoms with Crippen LogP contribution in [0.2, 0.25) is 0 Å². The van der Waals surface area contributed by atoms with E-state index in [9.17, 15) is 13.2 Å². The van der Waals surface area contributed by atoms with Gasteiger partial charge in [-0.1, -0.05) is 18.2 Å². The summed E-state index contributed by atoms with van der Waals surface area (Å²) in [7, 11) is -3.17. The summed E-state index contributed by atoms with van der Waals surface area (Å²) in [5.74, 6) is 0.504. The highest BCUT2D eigenvalue weighted by molar-refractivity contribution is 7.88. The number of carbonyl (C=O) groups excluding carboxylic acids is 1. The van der Waals surface area contributed by atoms with Crippen molar-refractivity contribution in [3.8, 4) is 5.75 Å². The van der Waals surface area contributed by atoms with Crippen molar-refractivity contribution in [1.29, 1.82) is 0 Å². The second kappa shape index (κ2) is 8.01. The van der Waals surface area contributed by atoms with Gasteiger partial charge in [-0.25, -0.2) is 12.7 Å². The number of aromatic nitrogens is 1. The van der Waals surface area contributed by atoms with Gasteiger partial charge in [0.05, 0.1) is 12.8 Å². The van der Waals surface area contributed by atoms with Crippen molar-refractivity contribution in [1.82, 2.24) is 14.6 Å².